The Bertz CT molecular complexity index is 362. The predicted octanol–water partition coefficient (Wildman–Crippen LogP) is 4.27. The van der Waals surface area contributed by atoms with Crippen LogP contribution < -0.4 is 0 Å². The Balaban J connectivity index is 1.96. The van der Waals surface area contributed by atoms with Gasteiger partial charge in [-0.2, -0.15) is 0 Å². The second kappa shape index (κ2) is 11.4. The maximum atomic E-state index is 11.7. The van der Waals surface area contributed by atoms with Crippen molar-refractivity contribution in [2.24, 2.45) is 0 Å². The monoisotopic (exact) mass is 310 g/mol. The van der Waals surface area contributed by atoms with Gasteiger partial charge in [-0.3, -0.25) is 9.59 Å². The number of aliphatic carboxylic acids is 1. The Labute approximate surface area is 133 Å². The van der Waals surface area contributed by atoms with Crippen molar-refractivity contribution >= 4 is 11.8 Å². The van der Waals surface area contributed by atoms with Crippen LogP contribution >= 0.6 is 0 Å². The first kappa shape index (κ1) is 18.9. The van der Waals surface area contributed by atoms with Crippen LogP contribution in [0.5, 0.6) is 0 Å². The number of rotatable bonds is 14. The fourth-order valence-electron chi connectivity index (χ4n) is 2.55. The third-order valence-electron chi connectivity index (χ3n) is 4.00. The molecule has 2 unspecified atom stereocenters. The average molecular weight is 310 g/mol. The minimum Gasteiger partial charge on any atom is -0.481 e. The number of epoxide rings is 1. The molecule has 1 N–H and O–H groups in total. The summed E-state index contributed by atoms with van der Waals surface area (Å²) in [4.78, 5) is 22.1. The number of hydrogen-bond donors (Lipinski definition) is 1. The van der Waals surface area contributed by atoms with Gasteiger partial charge >= 0.3 is 5.97 Å². The molecule has 4 nitrogen and oxygen atoms in total. The van der Waals surface area contributed by atoms with Crippen LogP contribution in [0.15, 0.2) is 12.2 Å². The highest BCUT2D eigenvalue weighted by Gasteiger charge is 2.35. The highest BCUT2D eigenvalue weighted by atomic mass is 16.6. The molecule has 0 bridgehead atoms. The number of hydrogen-bond acceptors (Lipinski definition) is 3. The SMILES string of the molecule is CCCCCCCCCC(=O)/C=C/C1OC1CCCC(=O)O. The van der Waals surface area contributed by atoms with Crippen LogP contribution in [-0.2, 0) is 14.3 Å². The van der Waals surface area contributed by atoms with Crippen LogP contribution in [0.2, 0.25) is 0 Å². The van der Waals surface area contributed by atoms with E-state index in [1.165, 1.54) is 32.1 Å². The molecule has 0 aromatic carbocycles. The van der Waals surface area contributed by atoms with E-state index in [-0.39, 0.29) is 24.4 Å². The number of carboxylic acids is 1. The molecule has 4 heteroatoms. The van der Waals surface area contributed by atoms with Crippen LogP contribution in [0, 0.1) is 0 Å². The zero-order valence-electron chi connectivity index (χ0n) is 13.8. The lowest BCUT2D eigenvalue weighted by Gasteiger charge is -1.99. The van der Waals surface area contributed by atoms with E-state index in [2.05, 4.69) is 6.92 Å². The summed E-state index contributed by atoms with van der Waals surface area (Å²) in [5.41, 5.74) is 0. The third-order valence-corrected chi connectivity index (χ3v) is 4.00. The van der Waals surface area contributed by atoms with Crippen LogP contribution in [0.25, 0.3) is 0 Å². The van der Waals surface area contributed by atoms with Crippen molar-refractivity contribution in [1.29, 1.82) is 0 Å². The molecule has 1 saturated heterocycles. The second-order valence-electron chi connectivity index (χ2n) is 6.12. The molecule has 0 amide bonds. The minimum absolute atomic E-state index is 0.0202. The van der Waals surface area contributed by atoms with Gasteiger partial charge in [0.05, 0.1) is 6.10 Å². The number of ketones is 1. The summed E-state index contributed by atoms with van der Waals surface area (Å²) >= 11 is 0. The van der Waals surface area contributed by atoms with Crippen molar-refractivity contribution < 1.29 is 19.4 Å². The number of carbonyl (C=O) groups excluding carboxylic acids is 1. The van der Waals surface area contributed by atoms with Crippen LogP contribution in [0.4, 0.5) is 0 Å². The van der Waals surface area contributed by atoms with Gasteiger partial charge in [-0.1, -0.05) is 45.4 Å². The largest absolute Gasteiger partial charge is 0.481 e. The smallest absolute Gasteiger partial charge is 0.303 e. The molecule has 1 fully saturated rings. The van der Waals surface area contributed by atoms with Crippen molar-refractivity contribution in [3.05, 3.63) is 12.2 Å². The zero-order chi connectivity index (χ0) is 16.2. The summed E-state index contributed by atoms with van der Waals surface area (Å²) in [6.07, 6.45) is 14.3. The van der Waals surface area contributed by atoms with Gasteiger partial charge in [0.15, 0.2) is 5.78 Å². The fourth-order valence-corrected chi connectivity index (χ4v) is 2.55. The quantitative estimate of drug-likeness (QED) is 0.295. The molecular weight excluding hydrogens is 280 g/mol. The molecule has 22 heavy (non-hydrogen) atoms. The van der Waals surface area contributed by atoms with E-state index in [9.17, 15) is 9.59 Å². The summed E-state index contributed by atoms with van der Waals surface area (Å²) < 4.78 is 5.40. The summed E-state index contributed by atoms with van der Waals surface area (Å²) in [5.74, 6) is -0.592. The number of allylic oxidation sites excluding steroid dienone is 1. The van der Waals surface area contributed by atoms with Crippen molar-refractivity contribution in [3.63, 3.8) is 0 Å². The Kier molecular flexibility index (Phi) is 9.80. The Hall–Kier alpha value is -1.16. The second-order valence-corrected chi connectivity index (χ2v) is 6.12. The van der Waals surface area contributed by atoms with Crippen molar-refractivity contribution in [2.45, 2.75) is 89.8 Å². The maximum absolute atomic E-state index is 11.7. The molecule has 1 aliphatic heterocycles. The lowest BCUT2D eigenvalue weighted by atomic mass is 10.1. The van der Waals surface area contributed by atoms with Gasteiger partial charge in [-0.05, 0) is 31.4 Å². The van der Waals surface area contributed by atoms with E-state index in [4.69, 9.17) is 9.84 Å². The van der Waals surface area contributed by atoms with Gasteiger partial charge in [-0.25, -0.2) is 0 Å². The van der Waals surface area contributed by atoms with E-state index in [0.29, 0.717) is 12.8 Å². The lowest BCUT2D eigenvalue weighted by molar-refractivity contribution is -0.137. The van der Waals surface area contributed by atoms with Gasteiger partial charge < -0.3 is 9.84 Å². The van der Waals surface area contributed by atoms with E-state index >= 15 is 0 Å². The number of ether oxygens (including phenoxy) is 1. The summed E-state index contributed by atoms with van der Waals surface area (Å²) in [6, 6.07) is 0. The highest BCUT2D eigenvalue weighted by molar-refractivity contribution is 5.89. The number of carbonyl (C=O) groups is 2. The Morgan fingerprint density at radius 1 is 1.00 bits per heavy atom. The molecule has 0 spiro atoms. The van der Waals surface area contributed by atoms with Crippen molar-refractivity contribution in [3.8, 4) is 0 Å². The zero-order valence-corrected chi connectivity index (χ0v) is 13.8. The van der Waals surface area contributed by atoms with Crippen LogP contribution in [0.1, 0.15) is 77.6 Å². The topological polar surface area (TPSA) is 66.9 Å². The van der Waals surface area contributed by atoms with Crippen molar-refractivity contribution in [1.82, 2.24) is 0 Å². The standard InChI is InChI=1S/C18H30O4/c1-2-3-4-5-6-7-8-10-15(19)13-14-17-16(22-17)11-9-12-18(20)21/h13-14,16-17H,2-12H2,1H3,(H,20,21)/b14-13+. The van der Waals surface area contributed by atoms with Gasteiger partial charge in [0.1, 0.15) is 6.10 Å². The molecule has 2 atom stereocenters. The molecule has 0 aliphatic carbocycles. The Morgan fingerprint density at radius 2 is 1.68 bits per heavy atom. The van der Waals surface area contributed by atoms with E-state index in [1.54, 1.807) is 6.08 Å². The van der Waals surface area contributed by atoms with E-state index in [0.717, 1.165) is 19.3 Å². The molecule has 1 heterocycles. The van der Waals surface area contributed by atoms with Gasteiger partial charge in [0, 0.05) is 12.8 Å². The predicted molar refractivity (Wildman–Crippen MR) is 86.9 cm³/mol. The first-order valence-electron chi connectivity index (χ1n) is 8.71. The minimum atomic E-state index is -0.766. The average Bonchev–Trinajstić information content (AvgIpc) is 3.22. The number of unbranched alkanes of at least 4 members (excludes halogenated alkanes) is 6. The van der Waals surface area contributed by atoms with Gasteiger partial charge in [-0.15, -0.1) is 0 Å². The molecular formula is C18H30O4. The third kappa shape index (κ3) is 9.72. The lowest BCUT2D eigenvalue weighted by Crippen LogP contribution is -1.98. The maximum Gasteiger partial charge on any atom is 0.303 e. The fraction of sp³-hybridized carbons (Fsp3) is 0.778. The molecule has 0 aromatic heterocycles. The first-order valence-corrected chi connectivity index (χ1v) is 8.71. The summed E-state index contributed by atoms with van der Waals surface area (Å²) in [7, 11) is 0. The normalized spacial score (nSPS) is 20.4. The summed E-state index contributed by atoms with van der Waals surface area (Å²) in [6.45, 7) is 2.21. The van der Waals surface area contributed by atoms with Gasteiger partial charge in [0.25, 0.3) is 0 Å². The molecule has 0 saturated carbocycles. The Morgan fingerprint density at radius 3 is 2.36 bits per heavy atom. The molecule has 1 rings (SSSR count). The van der Waals surface area contributed by atoms with Crippen LogP contribution in [0.3, 0.4) is 0 Å². The first-order chi connectivity index (χ1) is 10.6. The van der Waals surface area contributed by atoms with Gasteiger partial charge in [0.2, 0.25) is 0 Å². The molecule has 126 valence electrons. The molecule has 0 aromatic rings. The van der Waals surface area contributed by atoms with E-state index < -0.39 is 5.97 Å². The van der Waals surface area contributed by atoms with E-state index in [1.807, 2.05) is 6.08 Å². The number of carboxylic acid groups (broad SMARTS) is 1. The summed E-state index contributed by atoms with van der Waals surface area (Å²) in [5, 5.41) is 8.55. The molecule has 1 aliphatic rings. The van der Waals surface area contributed by atoms with Crippen molar-refractivity contribution in [2.75, 3.05) is 0 Å². The highest BCUT2D eigenvalue weighted by Crippen LogP contribution is 2.28. The van der Waals surface area contributed by atoms with Crippen LogP contribution in [-0.4, -0.2) is 29.1 Å². The molecule has 0 radical (unpaired) electrons.